The van der Waals surface area contributed by atoms with Gasteiger partial charge in [-0.25, -0.2) is 19.6 Å². The first kappa shape index (κ1) is 11.9. The van der Waals surface area contributed by atoms with Crippen LogP contribution in [-0.2, 0) is 0 Å². The highest BCUT2D eigenvalue weighted by Gasteiger charge is 2.23. The van der Waals surface area contributed by atoms with Crippen molar-refractivity contribution in [2.75, 3.05) is 5.73 Å². The Morgan fingerprint density at radius 3 is 2.06 bits per heavy atom. The summed E-state index contributed by atoms with van der Waals surface area (Å²) < 4.78 is 0. The number of carboxylic acids is 2. The average Bonchev–Trinajstić information content (AvgIpc) is 2.15. The minimum absolute atomic E-state index is 0.334. The van der Waals surface area contributed by atoms with Crippen molar-refractivity contribution >= 4 is 17.8 Å². The summed E-state index contributed by atoms with van der Waals surface area (Å²) in [6.45, 7) is 1.25. The molecule has 5 N–H and O–H groups in total. The molecule has 1 unspecified atom stereocenters. The third-order valence-corrected chi connectivity index (χ3v) is 1.75. The number of nitrogens with zero attached hydrogens (tertiary/aromatic N) is 2. The molecule has 1 rings (SSSR count). The summed E-state index contributed by atoms with van der Waals surface area (Å²) in [5, 5.41) is 26.7. The van der Waals surface area contributed by atoms with Gasteiger partial charge in [0.2, 0.25) is 0 Å². The topological polar surface area (TPSA) is 147 Å². The van der Waals surface area contributed by atoms with Gasteiger partial charge in [-0.05, 0) is 6.92 Å². The van der Waals surface area contributed by atoms with Crippen molar-refractivity contribution in [1.29, 1.82) is 0 Å². The van der Waals surface area contributed by atoms with Crippen LogP contribution in [0.2, 0.25) is 0 Å². The summed E-state index contributed by atoms with van der Waals surface area (Å²) in [5.41, 5.74) is 3.76. The van der Waals surface area contributed by atoms with E-state index in [4.69, 9.17) is 15.9 Å². The summed E-state index contributed by atoms with van der Waals surface area (Å²) >= 11 is 0. The van der Waals surface area contributed by atoms with Crippen molar-refractivity contribution in [2.45, 2.75) is 13.0 Å². The van der Waals surface area contributed by atoms with Crippen LogP contribution in [0.25, 0.3) is 0 Å². The Bertz CT molecular complexity index is 457. The molecule has 86 valence electrons. The maximum atomic E-state index is 10.7. The number of nitrogen functional groups attached to an aromatic ring is 1. The fourth-order valence-corrected chi connectivity index (χ4v) is 1.07. The first-order chi connectivity index (χ1) is 7.34. The van der Waals surface area contributed by atoms with Crippen molar-refractivity contribution < 1.29 is 24.9 Å². The van der Waals surface area contributed by atoms with Crippen LogP contribution in [0.1, 0.15) is 39.7 Å². The van der Waals surface area contributed by atoms with E-state index in [-0.39, 0.29) is 5.69 Å². The van der Waals surface area contributed by atoms with Crippen molar-refractivity contribution in [3.05, 3.63) is 17.1 Å². The number of aliphatic hydroxyl groups excluding tert-OH is 1. The zero-order chi connectivity index (χ0) is 12.5. The number of nitrogens with two attached hydrogens (primary N) is 1. The van der Waals surface area contributed by atoms with Crippen LogP contribution in [-0.4, -0.2) is 37.2 Å². The zero-order valence-electron chi connectivity index (χ0n) is 8.21. The Morgan fingerprint density at radius 1 is 1.19 bits per heavy atom. The maximum absolute atomic E-state index is 10.7. The number of hydrogen-bond acceptors (Lipinski definition) is 6. The van der Waals surface area contributed by atoms with Gasteiger partial charge in [-0.15, -0.1) is 0 Å². The van der Waals surface area contributed by atoms with E-state index in [0.29, 0.717) is 0 Å². The first-order valence-corrected chi connectivity index (χ1v) is 4.16. The second kappa shape index (κ2) is 4.11. The van der Waals surface area contributed by atoms with Gasteiger partial charge in [0.15, 0.2) is 17.2 Å². The molecule has 1 heterocycles. The predicted octanol–water partition coefficient (Wildman–Crippen LogP) is -0.491. The smallest absolute Gasteiger partial charge is 0.358 e. The lowest BCUT2D eigenvalue weighted by molar-refractivity contribution is 0.0664. The minimum atomic E-state index is -1.44. The SMILES string of the molecule is CC(O)c1nc(C(=O)O)c(N)nc1C(=O)O. The van der Waals surface area contributed by atoms with Gasteiger partial charge in [0.05, 0.1) is 6.10 Å². The molecule has 16 heavy (non-hydrogen) atoms. The lowest BCUT2D eigenvalue weighted by Crippen LogP contribution is -2.17. The number of carbonyl (C=O) groups is 2. The molecule has 0 aliphatic rings. The van der Waals surface area contributed by atoms with Gasteiger partial charge >= 0.3 is 11.9 Å². The van der Waals surface area contributed by atoms with Gasteiger partial charge in [0, 0.05) is 0 Å². The van der Waals surface area contributed by atoms with Gasteiger partial charge in [-0.3, -0.25) is 0 Å². The van der Waals surface area contributed by atoms with Gasteiger partial charge in [0.25, 0.3) is 0 Å². The molecule has 1 atom stereocenters. The number of aromatic carboxylic acids is 2. The van der Waals surface area contributed by atoms with Gasteiger partial charge in [-0.2, -0.15) is 0 Å². The number of carboxylic acid groups (broad SMARTS) is 2. The number of aromatic nitrogens is 2. The lowest BCUT2D eigenvalue weighted by atomic mass is 10.2. The summed E-state index contributed by atoms with van der Waals surface area (Å²) in [6, 6.07) is 0. The highest BCUT2D eigenvalue weighted by molar-refractivity contribution is 5.93. The van der Waals surface area contributed by atoms with E-state index in [1.54, 1.807) is 0 Å². The second-order valence-electron chi connectivity index (χ2n) is 2.98. The molecule has 0 radical (unpaired) electrons. The Morgan fingerprint density at radius 2 is 1.69 bits per heavy atom. The quantitative estimate of drug-likeness (QED) is 0.540. The number of aliphatic hydroxyl groups is 1. The third kappa shape index (κ3) is 2.06. The summed E-state index contributed by atoms with van der Waals surface area (Å²) in [7, 11) is 0. The summed E-state index contributed by atoms with van der Waals surface area (Å²) in [4.78, 5) is 28.3. The molecule has 0 aliphatic heterocycles. The van der Waals surface area contributed by atoms with Crippen LogP contribution in [0.5, 0.6) is 0 Å². The van der Waals surface area contributed by atoms with E-state index >= 15 is 0 Å². The molecule has 0 fully saturated rings. The monoisotopic (exact) mass is 227 g/mol. The molecular formula is C8H9N3O5. The first-order valence-electron chi connectivity index (χ1n) is 4.16. The van der Waals surface area contributed by atoms with Crippen LogP contribution in [0.4, 0.5) is 5.82 Å². The fourth-order valence-electron chi connectivity index (χ4n) is 1.07. The van der Waals surface area contributed by atoms with E-state index in [1.807, 2.05) is 0 Å². The van der Waals surface area contributed by atoms with E-state index < -0.39 is 35.2 Å². The normalized spacial score (nSPS) is 12.1. The molecule has 0 aliphatic carbocycles. The largest absolute Gasteiger partial charge is 0.476 e. The van der Waals surface area contributed by atoms with Gasteiger partial charge in [0.1, 0.15) is 5.69 Å². The standard InChI is InChI=1S/C8H9N3O5/c1-2(12)3-4(7(13)14)11-6(9)5(10-3)8(15)16/h2,12H,1H3,(H2,9,11)(H,13,14)(H,15,16). The van der Waals surface area contributed by atoms with Crippen LogP contribution in [0, 0.1) is 0 Å². The van der Waals surface area contributed by atoms with E-state index in [1.165, 1.54) is 6.92 Å². The number of anilines is 1. The maximum Gasteiger partial charge on any atom is 0.358 e. The Balaban J connectivity index is 3.49. The lowest BCUT2D eigenvalue weighted by Gasteiger charge is -2.09. The molecule has 0 spiro atoms. The van der Waals surface area contributed by atoms with Crippen molar-refractivity contribution in [2.24, 2.45) is 0 Å². The van der Waals surface area contributed by atoms with Gasteiger partial charge in [-0.1, -0.05) is 0 Å². The van der Waals surface area contributed by atoms with Crippen LogP contribution < -0.4 is 5.73 Å². The van der Waals surface area contributed by atoms with Crippen LogP contribution in [0.15, 0.2) is 0 Å². The van der Waals surface area contributed by atoms with Crippen molar-refractivity contribution in [1.82, 2.24) is 9.97 Å². The number of hydrogen-bond donors (Lipinski definition) is 4. The van der Waals surface area contributed by atoms with E-state index in [2.05, 4.69) is 9.97 Å². The minimum Gasteiger partial charge on any atom is -0.476 e. The Hall–Kier alpha value is -2.22. The van der Waals surface area contributed by atoms with Gasteiger partial charge < -0.3 is 21.1 Å². The summed E-state index contributed by atoms with van der Waals surface area (Å²) in [5.74, 6) is -3.38. The summed E-state index contributed by atoms with van der Waals surface area (Å²) in [6.07, 6.45) is -1.25. The fraction of sp³-hybridized carbons (Fsp3) is 0.250. The molecule has 8 heteroatoms. The van der Waals surface area contributed by atoms with Crippen LogP contribution >= 0.6 is 0 Å². The van der Waals surface area contributed by atoms with Crippen molar-refractivity contribution in [3.63, 3.8) is 0 Å². The van der Waals surface area contributed by atoms with Crippen molar-refractivity contribution in [3.8, 4) is 0 Å². The molecular weight excluding hydrogens is 218 g/mol. The number of rotatable bonds is 3. The third-order valence-electron chi connectivity index (χ3n) is 1.75. The molecule has 0 bridgehead atoms. The average molecular weight is 227 g/mol. The highest BCUT2D eigenvalue weighted by atomic mass is 16.4. The molecule has 0 aromatic carbocycles. The molecule has 1 aromatic rings. The molecule has 0 saturated heterocycles. The Labute approximate surface area is 89.4 Å². The molecule has 1 aromatic heterocycles. The Kier molecular flexibility index (Phi) is 3.04. The molecule has 0 amide bonds. The van der Waals surface area contributed by atoms with E-state index in [0.717, 1.165) is 0 Å². The molecule has 8 nitrogen and oxygen atoms in total. The highest BCUT2D eigenvalue weighted by Crippen LogP contribution is 2.17. The zero-order valence-corrected chi connectivity index (χ0v) is 8.21. The molecule has 0 saturated carbocycles. The second-order valence-corrected chi connectivity index (χ2v) is 2.98. The van der Waals surface area contributed by atoms with E-state index in [9.17, 15) is 14.7 Å². The predicted molar refractivity (Wildman–Crippen MR) is 51.0 cm³/mol. The van der Waals surface area contributed by atoms with Crippen LogP contribution in [0.3, 0.4) is 0 Å².